The standard InChI is InChI=1S/C28H39N9/c1-5-15-29-25-21(3)22(19-31-25)14-16-30-26-33-27(32-20-24-13-10-18-36(24)4)35-28(34-26)37(17-6-2)23-11-8-7-9-12-23/h5-6,10,13,15,18-19,23,31H,1-2,7-9,11-12,14,16-17,20H2,3-4H3,(H2,30,32,33,34,35)/b29-15-. The van der Waals surface area contributed by atoms with E-state index in [-0.39, 0.29) is 0 Å². The molecule has 0 saturated heterocycles. The van der Waals surface area contributed by atoms with Crippen molar-refractivity contribution in [3.05, 3.63) is 66.7 Å². The summed E-state index contributed by atoms with van der Waals surface area (Å²) in [6, 6.07) is 4.54. The van der Waals surface area contributed by atoms with Crippen molar-refractivity contribution in [3.63, 3.8) is 0 Å². The molecule has 1 aliphatic carbocycles. The molecule has 9 nitrogen and oxygen atoms in total. The average molecular weight is 502 g/mol. The van der Waals surface area contributed by atoms with E-state index < -0.39 is 0 Å². The lowest BCUT2D eigenvalue weighted by Gasteiger charge is -2.33. The molecule has 0 atom stereocenters. The number of hydrogen-bond donors (Lipinski definition) is 3. The predicted molar refractivity (Wildman–Crippen MR) is 153 cm³/mol. The van der Waals surface area contributed by atoms with E-state index in [2.05, 4.69) is 56.2 Å². The Labute approximate surface area is 219 Å². The van der Waals surface area contributed by atoms with Crippen molar-refractivity contribution in [2.24, 2.45) is 12.0 Å². The minimum Gasteiger partial charge on any atom is -0.354 e. The van der Waals surface area contributed by atoms with E-state index in [1.807, 2.05) is 31.6 Å². The lowest BCUT2D eigenvalue weighted by molar-refractivity contribution is 0.417. The van der Waals surface area contributed by atoms with Crippen LogP contribution in [0.25, 0.3) is 0 Å². The molecule has 0 spiro atoms. The van der Waals surface area contributed by atoms with Gasteiger partial charge in [0.25, 0.3) is 0 Å². The molecule has 0 radical (unpaired) electrons. The zero-order valence-electron chi connectivity index (χ0n) is 22.1. The van der Waals surface area contributed by atoms with Gasteiger partial charge in [0, 0.05) is 50.5 Å². The summed E-state index contributed by atoms with van der Waals surface area (Å²) in [5.41, 5.74) is 3.50. The number of rotatable bonds is 13. The molecule has 3 heterocycles. The van der Waals surface area contributed by atoms with Crippen LogP contribution in [-0.4, -0.2) is 49.8 Å². The van der Waals surface area contributed by atoms with Gasteiger partial charge in [-0.05, 0) is 49.4 Å². The molecule has 37 heavy (non-hydrogen) atoms. The first-order valence-corrected chi connectivity index (χ1v) is 13.1. The fourth-order valence-electron chi connectivity index (χ4n) is 4.78. The Morgan fingerprint density at radius 2 is 1.95 bits per heavy atom. The predicted octanol–water partition coefficient (Wildman–Crippen LogP) is 5.33. The fourth-order valence-corrected chi connectivity index (χ4v) is 4.78. The van der Waals surface area contributed by atoms with E-state index in [1.165, 1.54) is 24.8 Å². The van der Waals surface area contributed by atoms with Crippen molar-refractivity contribution in [2.45, 2.75) is 58.0 Å². The maximum absolute atomic E-state index is 4.85. The van der Waals surface area contributed by atoms with Gasteiger partial charge in [0.05, 0.1) is 6.54 Å². The Morgan fingerprint density at radius 1 is 1.16 bits per heavy atom. The number of allylic oxidation sites excluding steroid dienone is 1. The van der Waals surface area contributed by atoms with Crippen LogP contribution in [0.4, 0.5) is 23.7 Å². The molecule has 9 heteroatoms. The van der Waals surface area contributed by atoms with Gasteiger partial charge in [-0.15, -0.1) is 6.58 Å². The summed E-state index contributed by atoms with van der Waals surface area (Å²) in [7, 11) is 2.04. The van der Waals surface area contributed by atoms with Crippen LogP contribution in [0.5, 0.6) is 0 Å². The molecule has 3 aromatic rings. The van der Waals surface area contributed by atoms with Crippen molar-refractivity contribution in [1.29, 1.82) is 0 Å². The fraction of sp³-hybridized carbons (Fsp3) is 0.429. The van der Waals surface area contributed by atoms with E-state index >= 15 is 0 Å². The number of aliphatic imine (C=N–C) groups is 1. The number of nitrogens with zero attached hydrogens (tertiary/aromatic N) is 6. The highest BCUT2D eigenvalue weighted by atomic mass is 15.3. The van der Waals surface area contributed by atoms with Crippen molar-refractivity contribution in [3.8, 4) is 0 Å². The number of aromatic nitrogens is 5. The Balaban J connectivity index is 1.52. The molecule has 1 aliphatic rings. The minimum atomic E-state index is 0.416. The summed E-state index contributed by atoms with van der Waals surface area (Å²) in [5, 5.41) is 6.83. The highest BCUT2D eigenvalue weighted by Crippen LogP contribution is 2.27. The molecular weight excluding hydrogens is 462 g/mol. The third kappa shape index (κ3) is 6.87. The summed E-state index contributed by atoms with van der Waals surface area (Å²) in [6.07, 6.45) is 16.2. The zero-order valence-corrected chi connectivity index (χ0v) is 22.1. The quantitative estimate of drug-likeness (QED) is 0.216. The molecular formula is C28H39N9. The normalized spacial score (nSPS) is 14.1. The first-order chi connectivity index (χ1) is 18.1. The van der Waals surface area contributed by atoms with Gasteiger partial charge in [0.15, 0.2) is 0 Å². The Morgan fingerprint density at radius 3 is 2.65 bits per heavy atom. The number of anilines is 3. The monoisotopic (exact) mass is 501 g/mol. The van der Waals surface area contributed by atoms with Crippen LogP contribution in [0.15, 0.2) is 54.8 Å². The first kappa shape index (κ1) is 26.2. The van der Waals surface area contributed by atoms with Gasteiger partial charge in [-0.25, -0.2) is 4.99 Å². The van der Waals surface area contributed by atoms with Gasteiger partial charge in [-0.3, -0.25) is 0 Å². The van der Waals surface area contributed by atoms with Crippen LogP contribution in [0, 0.1) is 6.92 Å². The smallest absolute Gasteiger partial charge is 0.232 e. The summed E-state index contributed by atoms with van der Waals surface area (Å²) in [6.45, 7) is 11.8. The van der Waals surface area contributed by atoms with Crippen LogP contribution in [0.3, 0.4) is 0 Å². The molecule has 1 saturated carbocycles. The number of aryl methyl sites for hydroxylation is 1. The van der Waals surface area contributed by atoms with Gasteiger partial charge >= 0.3 is 0 Å². The molecule has 0 amide bonds. The van der Waals surface area contributed by atoms with Crippen molar-refractivity contribution in [1.82, 2.24) is 24.5 Å². The summed E-state index contributed by atoms with van der Waals surface area (Å²) >= 11 is 0. The number of nitrogens with one attached hydrogen (secondary N) is 3. The van der Waals surface area contributed by atoms with Gasteiger partial charge in [-0.1, -0.05) is 38.0 Å². The van der Waals surface area contributed by atoms with Crippen LogP contribution in [0.1, 0.15) is 48.9 Å². The zero-order chi connectivity index (χ0) is 26.0. The maximum Gasteiger partial charge on any atom is 0.232 e. The second kappa shape index (κ2) is 12.9. The second-order valence-electron chi connectivity index (χ2n) is 9.46. The molecule has 0 aromatic carbocycles. The van der Waals surface area contributed by atoms with Gasteiger partial charge in [-0.2, -0.15) is 15.0 Å². The molecule has 0 unspecified atom stereocenters. The third-order valence-electron chi connectivity index (χ3n) is 6.91. The topological polar surface area (TPSA) is 99.0 Å². The van der Waals surface area contributed by atoms with Crippen LogP contribution in [-0.2, 0) is 20.0 Å². The SMILES string of the molecule is C=C/C=N\c1[nH]cc(CCNc2nc(NCc3cccn3C)nc(N(CC=C)C3CCCCC3)n2)c1C. The summed E-state index contributed by atoms with van der Waals surface area (Å²) < 4.78 is 2.09. The first-order valence-electron chi connectivity index (χ1n) is 13.1. The van der Waals surface area contributed by atoms with Gasteiger partial charge in [0.1, 0.15) is 5.82 Å². The molecule has 3 N–H and O–H groups in total. The van der Waals surface area contributed by atoms with E-state index in [4.69, 9.17) is 15.0 Å². The molecule has 3 aromatic heterocycles. The highest BCUT2D eigenvalue weighted by molar-refractivity contribution is 5.73. The minimum absolute atomic E-state index is 0.416. The molecule has 1 fully saturated rings. The van der Waals surface area contributed by atoms with Crippen LogP contribution < -0.4 is 15.5 Å². The molecule has 0 bridgehead atoms. The Bertz CT molecular complexity index is 1200. The molecule has 4 rings (SSSR count). The van der Waals surface area contributed by atoms with Crippen molar-refractivity contribution in [2.75, 3.05) is 28.6 Å². The second-order valence-corrected chi connectivity index (χ2v) is 9.46. The summed E-state index contributed by atoms with van der Waals surface area (Å²) in [4.78, 5) is 24.3. The third-order valence-corrected chi connectivity index (χ3v) is 6.91. The Kier molecular flexibility index (Phi) is 9.13. The number of aromatic amines is 1. The molecule has 0 aliphatic heterocycles. The molecule has 196 valence electrons. The van der Waals surface area contributed by atoms with Crippen LogP contribution >= 0.6 is 0 Å². The number of H-pyrrole nitrogens is 1. The van der Waals surface area contributed by atoms with E-state index in [0.29, 0.717) is 43.5 Å². The van der Waals surface area contributed by atoms with Crippen LogP contribution in [0.2, 0.25) is 0 Å². The highest BCUT2D eigenvalue weighted by Gasteiger charge is 2.24. The van der Waals surface area contributed by atoms with E-state index in [9.17, 15) is 0 Å². The largest absolute Gasteiger partial charge is 0.354 e. The van der Waals surface area contributed by atoms with Crippen molar-refractivity contribution >= 4 is 29.9 Å². The summed E-state index contributed by atoms with van der Waals surface area (Å²) in [5.74, 6) is 2.69. The maximum atomic E-state index is 4.85. The van der Waals surface area contributed by atoms with E-state index in [1.54, 1.807) is 12.3 Å². The number of hydrogen-bond acceptors (Lipinski definition) is 7. The average Bonchev–Trinajstić information content (AvgIpc) is 3.49. The lowest BCUT2D eigenvalue weighted by atomic mass is 9.94. The van der Waals surface area contributed by atoms with E-state index in [0.717, 1.165) is 36.3 Å². The van der Waals surface area contributed by atoms with Gasteiger partial charge < -0.3 is 25.1 Å². The van der Waals surface area contributed by atoms with Crippen molar-refractivity contribution < 1.29 is 0 Å². The van der Waals surface area contributed by atoms with Gasteiger partial charge in [0.2, 0.25) is 17.8 Å². The lowest BCUT2D eigenvalue weighted by Crippen LogP contribution is -2.38. The Hall–Kier alpha value is -3.88.